The molecule has 1 atom stereocenters. The van der Waals surface area contributed by atoms with Gasteiger partial charge in [-0.15, -0.1) is 0 Å². The molecule has 1 heterocycles. The Bertz CT molecular complexity index is 395. The van der Waals surface area contributed by atoms with E-state index in [1.54, 1.807) is 0 Å². The van der Waals surface area contributed by atoms with Gasteiger partial charge in [0.1, 0.15) is 0 Å². The number of carbonyl (C=O) groups is 2. The van der Waals surface area contributed by atoms with Crippen LogP contribution in [0.25, 0.3) is 0 Å². The molecule has 1 amide bonds. The Morgan fingerprint density at radius 3 is 2.11 bits per heavy atom. The first kappa shape index (κ1) is 15.6. The molecule has 9 heteroatoms. The van der Waals surface area contributed by atoms with Crippen LogP contribution >= 0.6 is 0 Å². The number of carbonyl (C=O) groups excluding carboxylic acids is 1. The van der Waals surface area contributed by atoms with Crippen LogP contribution < -0.4 is 0 Å². The van der Waals surface area contributed by atoms with Gasteiger partial charge in [0.25, 0.3) is 0 Å². The number of rotatable bonds is 3. The van der Waals surface area contributed by atoms with Gasteiger partial charge in [0.05, 0.1) is 5.41 Å². The lowest BCUT2D eigenvalue weighted by atomic mass is 9.84. The number of amides is 1. The lowest BCUT2D eigenvalue weighted by Gasteiger charge is -2.26. The van der Waals surface area contributed by atoms with Crippen LogP contribution in [-0.4, -0.2) is 47.1 Å². The molecule has 0 radical (unpaired) electrons. The molecule has 1 aliphatic rings. The maximum Gasteiger partial charge on any atom is 0.463 e. The molecular weight excluding hydrogens is 277 g/mol. The average Bonchev–Trinajstić information content (AvgIpc) is 2.71. The monoisotopic (exact) mass is 289 g/mol. The van der Waals surface area contributed by atoms with Crippen molar-refractivity contribution < 1.29 is 36.6 Å². The second-order valence-corrected chi connectivity index (χ2v) is 4.49. The molecule has 19 heavy (non-hydrogen) atoms. The van der Waals surface area contributed by atoms with Gasteiger partial charge < -0.3 is 10.0 Å². The van der Waals surface area contributed by atoms with Crippen molar-refractivity contribution in [1.82, 2.24) is 4.90 Å². The number of carboxylic acids is 1. The first-order valence-electron chi connectivity index (χ1n) is 5.45. The van der Waals surface area contributed by atoms with E-state index >= 15 is 0 Å². The van der Waals surface area contributed by atoms with Crippen LogP contribution in [-0.2, 0) is 9.59 Å². The summed E-state index contributed by atoms with van der Waals surface area (Å²) in [6.07, 6.45) is -6.08. The number of hydrogen-bond acceptors (Lipinski definition) is 2. The van der Waals surface area contributed by atoms with E-state index in [0.717, 1.165) is 0 Å². The SMILES string of the molecule is CCC1(C(=O)O)CCN(C(=O)C(F)(F)C(F)(F)F)C1. The fourth-order valence-electron chi connectivity index (χ4n) is 1.98. The molecule has 0 aromatic rings. The van der Waals surface area contributed by atoms with E-state index in [4.69, 9.17) is 5.11 Å². The Labute approximate surface area is 105 Å². The van der Waals surface area contributed by atoms with Crippen LogP contribution in [0.15, 0.2) is 0 Å². The van der Waals surface area contributed by atoms with Crippen LogP contribution in [0.1, 0.15) is 19.8 Å². The predicted octanol–water partition coefficient (Wildman–Crippen LogP) is 1.90. The van der Waals surface area contributed by atoms with E-state index in [1.165, 1.54) is 6.92 Å². The highest BCUT2D eigenvalue weighted by atomic mass is 19.4. The highest BCUT2D eigenvalue weighted by molar-refractivity contribution is 5.86. The summed E-state index contributed by atoms with van der Waals surface area (Å²) in [4.78, 5) is 22.5. The fraction of sp³-hybridized carbons (Fsp3) is 0.800. The summed E-state index contributed by atoms with van der Waals surface area (Å²) in [5.41, 5.74) is -1.45. The zero-order valence-corrected chi connectivity index (χ0v) is 9.93. The molecule has 0 saturated carbocycles. The summed E-state index contributed by atoms with van der Waals surface area (Å²) in [5, 5.41) is 8.98. The summed E-state index contributed by atoms with van der Waals surface area (Å²) < 4.78 is 61.9. The molecule has 0 bridgehead atoms. The Kier molecular flexibility index (Phi) is 3.79. The molecule has 1 unspecified atom stereocenters. The van der Waals surface area contributed by atoms with Crippen LogP contribution in [0.5, 0.6) is 0 Å². The summed E-state index contributed by atoms with van der Waals surface area (Å²) >= 11 is 0. The normalized spacial score (nSPS) is 24.6. The van der Waals surface area contributed by atoms with Crippen molar-refractivity contribution in [3.63, 3.8) is 0 Å². The predicted molar refractivity (Wildman–Crippen MR) is 52.6 cm³/mol. The minimum atomic E-state index is -5.98. The van der Waals surface area contributed by atoms with Crippen molar-refractivity contribution in [3.8, 4) is 0 Å². The number of likely N-dealkylation sites (tertiary alicyclic amines) is 1. The molecule has 1 fully saturated rings. The van der Waals surface area contributed by atoms with E-state index in [1.807, 2.05) is 0 Å². The number of halogens is 5. The van der Waals surface area contributed by atoms with Gasteiger partial charge in [0.2, 0.25) is 0 Å². The van der Waals surface area contributed by atoms with E-state index in [0.29, 0.717) is 0 Å². The quantitative estimate of drug-likeness (QED) is 0.807. The zero-order chi connectivity index (χ0) is 15.1. The van der Waals surface area contributed by atoms with E-state index < -0.39 is 42.5 Å². The van der Waals surface area contributed by atoms with Crippen molar-refractivity contribution in [2.45, 2.75) is 31.9 Å². The molecule has 4 nitrogen and oxygen atoms in total. The van der Waals surface area contributed by atoms with Crippen molar-refractivity contribution in [3.05, 3.63) is 0 Å². The maximum atomic E-state index is 12.9. The maximum absolute atomic E-state index is 12.9. The van der Waals surface area contributed by atoms with Crippen LogP contribution in [0.4, 0.5) is 22.0 Å². The first-order chi connectivity index (χ1) is 8.48. The Morgan fingerprint density at radius 1 is 1.26 bits per heavy atom. The largest absolute Gasteiger partial charge is 0.481 e. The zero-order valence-electron chi connectivity index (χ0n) is 9.93. The highest BCUT2D eigenvalue weighted by Gasteiger charge is 2.65. The third kappa shape index (κ3) is 2.50. The lowest BCUT2D eigenvalue weighted by molar-refractivity contribution is -0.274. The second-order valence-electron chi connectivity index (χ2n) is 4.49. The minimum Gasteiger partial charge on any atom is -0.481 e. The number of carboxylic acid groups (broad SMARTS) is 1. The first-order valence-corrected chi connectivity index (χ1v) is 5.45. The third-order valence-corrected chi connectivity index (χ3v) is 3.40. The Balaban J connectivity index is 2.92. The number of aliphatic carboxylic acids is 1. The average molecular weight is 289 g/mol. The van der Waals surface area contributed by atoms with E-state index in [2.05, 4.69) is 0 Å². The molecule has 0 aromatic heterocycles. The topological polar surface area (TPSA) is 57.6 Å². The van der Waals surface area contributed by atoms with Gasteiger partial charge in [-0.25, -0.2) is 0 Å². The molecule has 0 spiro atoms. The third-order valence-electron chi connectivity index (χ3n) is 3.40. The molecule has 1 aliphatic heterocycles. The summed E-state index contributed by atoms with van der Waals surface area (Å²) in [6, 6.07) is 0. The van der Waals surface area contributed by atoms with Gasteiger partial charge in [0, 0.05) is 13.1 Å². The van der Waals surface area contributed by atoms with Crippen molar-refractivity contribution in [2.75, 3.05) is 13.1 Å². The lowest BCUT2D eigenvalue weighted by Crippen LogP contribution is -2.52. The molecule has 1 rings (SSSR count). The Morgan fingerprint density at radius 2 is 1.79 bits per heavy atom. The van der Waals surface area contributed by atoms with Gasteiger partial charge in [0.15, 0.2) is 0 Å². The smallest absolute Gasteiger partial charge is 0.463 e. The van der Waals surface area contributed by atoms with E-state index in [-0.39, 0.29) is 17.7 Å². The standard InChI is InChI=1S/C10H12F5NO3/c1-2-8(7(18)19)3-4-16(5-8)6(17)9(11,12)10(13,14)15/h2-5H2,1H3,(H,18,19). The van der Waals surface area contributed by atoms with Gasteiger partial charge >= 0.3 is 24.0 Å². The second kappa shape index (κ2) is 4.61. The van der Waals surface area contributed by atoms with Crippen LogP contribution in [0, 0.1) is 5.41 Å². The molecule has 0 aliphatic carbocycles. The molecular formula is C10H12F5NO3. The van der Waals surface area contributed by atoms with Crippen molar-refractivity contribution in [2.24, 2.45) is 5.41 Å². The molecule has 1 N–H and O–H groups in total. The Hall–Kier alpha value is -1.41. The molecule has 110 valence electrons. The van der Waals surface area contributed by atoms with Gasteiger partial charge in [-0.05, 0) is 12.8 Å². The molecule has 1 saturated heterocycles. The minimum absolute atomic E-state index is 0.0453. The van der Waals surface area contributed by atoms with Gasteiger partial charge in [-0.3, -0.25) is 9.59 Å². The fourth-order valence-corrected chi connectivity index (χ4v) is 1.98. The number of nitrogens with zero attached hydrogens (tertiary/aromatic N) is 1. The number of hydrogen-bond donors (Lipinski definition) is 1. The van der Waals surface area contributed by atoms with Crippen molar-refractivity contribution in [1.29, 1.82) is 0 Å². The number of alkyl halides is 5. The van der Waals surface area contributed by atoms with Gasteiger partial charge in [-0.2, -0.15) is 22.0 Å². The van der Waals surface area contributed by atoms with Crippen LogP contribution in [0.2, 0.25) is 0 Å². The molecule has 0 aromatic carbocycles. The van der Waals surface area contributed by atoms with Gasteiger partial charge in [-0.1, -0.05) is 6.92 Å². The highest BCUT2D eigenvalue weighted by Crippen LogP contribution is 2.40. The summed E-state index contributed by atoms with van der Waals surface area (Å²) in [6.45, 7) is 0.415. The summed E-state index contributed by atoms with van der Waals surface area (Å²) in [5.74, 6) is -9.19. The van der Waals surface area contributed by atoms with Crippen LogP contribution in [0.3, 0.4) is 0 Å². The van der Waals surface area contributed by atoms with E-state index in [9.17, 15) is 31.5 Å². The summed E-state index contributed by atoms with van der Waals surface area (Å²) in [7, 11) is 0. The van der Waals surface area contributed by atoms with Crippen molar-refractivity contribution >= 4 is 11.9 Å².